The Bertz CT molecular complexity index is 264. The van der Waals surface area contributed by atoms with Crippen molar-refractivity contribution >= 4 is 0 Å². The zero-order valence-corrected chi connectivity index (χ0v) is 10.2. The molecule has 0 aliphatic rings. The average molecular weight is 223 g/mol. The van der Waals surface area contributed by atoms with Crippen molar-refractivity contribution in [3.63, 3.8) is 0 Å². The first kappa shape index (κ1) is 13.0. The highest BCUT2D eigenvalue weighted by atomic mass is 16.5. The van der Waals surface area contributed by atoms with Crippen LogP contribution in [0.3, 0.4) is 0 Å². The molecule has 0 aliphatic heterocycles. The smallest absolute Gasteiger partial charge is 0.141 e. The van der Waals surface area contributed by atoms with Crippen LogP contribution in [0.5, 0.6) is 5.75 Å². The summed E-state index contributed by atoms with van der Waals surface area (Å²) in [6.45, 7) is 5.21. The van der Waals surface area contributed by atoms with Gasteiger partial charge in [-0.05, 0) is 25.6 Å². The maximum absolute atomic E-state index is 5.60. The molecular weight excluding hydrogens is 202 g/mol. The van der Waals surface area contributed by atoms with Crippen LogP contribution >= 0.6 is 0 Å². The van der Waals surface area contributed by atoms with Gasteiger partial charge in [-0.3, -0.25) is 4.90 Å². The largest absolute Gasteiger partial charge is 0.478 e. The van der Waals surface area contributed by atoms with E-state index in [1.54, 1.807) is 0 Å². The minimum atomic E-state index is 0.597. The Morgan fingerprint density at radius 1 is 1.12 bits per heavy atom. The molecule has 0 bridgehead atoms. The van der Waals surface area contributed by atoms with Crippen LogP contribution in [0, 0.1) is 0 Å². The van der Waals surface area contributed by atoms with Crippen LogP contribution in [0.15, 0.2) is 30.3 Å². The lowest BCUT2D eigenvalue weighted by Crippen LogP contribution is -2.27. The first-order valence-corrected chi connectivity index (χ1v) is 5.77. The molecule has 3 nitrogen and oxygen atoms in total. The molecule has 0 N–H and O–H groups in total. The maximum atomic E-state index is 5.60. The van der Waals surface area contributed by atoms with Gasteiger partial charge in [0.2, 0.25) is 0 Å². The van der Waals surface area contributed by atoms with Crippen LogP contribution in [0.2, 0.25) is 0 Å². The third kappa shape index (κ3) is 5.73. The van der Waals surface area contributed by atoms with Gasteiger partial charge in [0.15, 0.2) is 0 Å². The van der Waals surface area contributed by atoms with E-state index in [9.17, 15) is 0 Å². The van der Waals surface area contributed by atoms with E-state index in [2.05, 4.69) is 11.8 Å². The minimum Gasteiger partial charge on any atom is -0.478 e. The topological polar surface area (TPSA) is 21.7 Å². The molecule has 0 unspecified atom stereocenters. The van der Waals surface area contributed by atoms with Gasteiger partial charge >= 0.3 is 0 Å². The van der Waals surface area contributed by atoms with Crippen molar-refractivity contribution in [3.05, 3.63) is 30.3 Å². The van der Waals surface area contributed by atoms with Gasteiger partial charge in [-0.1, -0.05) is 25.1 Å². The van der Waals surface area contributed by atoms with E-state index >= 15 is 0 Å². The molecule has 0 saturated heterocycles. The molecule has 3 heteroatoms. The fourth-order valence-corrected chi connectivity index (χ4v) is 1.23. The van der Waals surface area contributed by atoms with Crippen molar-refractivity contribution in [2.24, 2.45) is 0 Å². The molecule has 90 valence electrons. The van der Waals surface area contributed by atoms with E-state index in [0.717, 1.165) is 31.9 Å². The van der Waals surface area contributed by atoms with E-state index in [1.807, 2.05) is 37.4 Å². The molecule has 0 spiro atoms. The Morgan fingerprint density at radius 2 is 1.88 bits per heavy atom. The number of benzene rings is 1. The van der Waals surface area contributed by atoms with Gasteiger partial charge in [0.05, 0.1) is 6.61 Å². The van der Waals surface area contributed by atoms with Gasteiger partial charge in [-0.15, -0.1) is 0 Å². The summed E-state index contributed by atoms with van der Waals surface area (Å²) in [5.74, 6) is 0.906. The molecule has 0 saturated carbocycles. The van der Waals surface area contributed by atoms with Crippen molar-refractivity contribution in [1.29, 1.82) is 0 Å². The molecule has 0 amide bonds. The van der Waals surface area contributed by atoms with E-state index in [0.29, 0.717) is 6.73 Å². The lowest BCUT2D eigenvalue weighted by molar-refractivity contribution is 0.0821. The fourth-order valence-electron chi connectivity index (χ4n) is 1.23. The molecule has 1 rings (SSSR count). The SMILES string of the molecule is CCCOCCN(C)COc1ccccc1. The maximum Gasteiger partial charge on any atom is 0.141 e. The van der Waals surface area contributed by atoms with Gasteiger partial charge in [0, 0.05) is 13.2 Å². The van der Waals surface area contributed by atoms with Gasteiger partial charge in [0.1, 0.15) is 12.5 Å². The number of likely N-dealkylation sites (N-methyl/N-ethyl adjacent to an activating group) is 1. The third-order valence-electron chi connectivity index (χ3n) is 2.16. The summed E-state index contributed by atoms with van der Waals surface area (Å²) in [6.07, 6.45) is 1.07. The van der Waals surface area contributed by atoms with Gasteiger partial charge < -0.3 is 9.47 Å². The fraction of sp³-hybridized carbons (Fsp3) is 0.538. The summed E-state index contributed by atoms with van der Waals surface area (Å²) in [6, 6.07) is 9.84. The molecule has 0 radical (unpaired) electrons. The predicted molar refractivity (Wildman–Crippen MR) is 65.7 cm³/mol. The summed E-state index contributed by atoms with van der Waals surface area (Å²) in [5.41, 5.74) is 0. The third-order valence-corrected chi connectivity index (χ3v) is 2.16. The quantitative estimate of drug-likeness (QED) is 0.499. The van der Waals surface area contributed by atoms with Crippen molar-refractivity contribution in [3.8, 4) is 5.75 Å². The first-order chi connectivity index (χ1) is 7.83. The molecule has 0 aliphatic carbocycles. The summed E-state index contributed by atoms with van der Waals surface area (Å²) < 4.78 is 11.0. The number of ether oxygens (including phenoxy) is 2. The highest BCUT2D eigenvalue weighted by molar-refractivity contribution is 5.20. The average Bonchev–Trinajstić information content (AvgIpc) is 2.33. The van der Waals surface area contributed by atoms with E-state index in [-0.39, 0.29) is 0 Å². The van der Waals surface area contributed by atoms with E-state index < -0.39 is 0 Å². The van der Waals surface area contributed by atoms with Gasteiger partial charge in [-0.25, -0.2) is 0 Å². The number of hydrogen-bond acceptors (Lipinski definition) is 3. The normalized spacial score (nSPS) is 10.7. The second-order valence-electron chi connectivity index (χ2n) is 3.78. The standard InChI is InChI=1S/C13H21NO2/c1-3-10-15-11-9-14(2)12-16-13-7-5-4-6-8-13/h4-8H,3,9-12H2,1-2H3. The zero-order chi connectivity index (χ0) is 11.6. The molecule has 0 fully saturated rings. The summed E-state index contributed by atoms with van der Waals surface area (Å²) in [7, 11) is 2.03. The monoisotopic (exact) mass is 223 g/mol. The van der Waals surface area contributed by atoms with Gasteiger partial charge in [-0.2, -0.15) is 0 Å². The predicted octanol–water partition coefficient (Wildman–Crippen LogP) is 2.38. The van der Waals surface area contributed by atoms with Crippen molar-refractivity contribution in [2.45, 2.75) is 13.3 Å². The molecule has 0 atom stereocenters. The highest BCUT2D eigenvalue weighted by Gasteiger charge is 1.98. The molecule has 0 aromatic heterocycles. The minimum absolute atomic E-state index is 0.597. The van der Waals surface area contributed by atoms with Crippen LogP contribution in [0.1, 0.15) is 13.3 Å². The molecule has 0 heterocycles. The highest BCUT2D eigenvalue weighted by Crippen LogP contribution is 2.08. The number of nitrogens with zero attached hydrogens (tertiary/aromatic N) is 1. The number of hydrogen-bond donors (Lipinski definition) is 0. The summed E-state index contributed by atoms with van der Waals surface area (Å²) >= 11 is 0. The Hall–Kier alpha value is -1.06. The van der Waals surface area contributed by atoms with Gasteiger partial charge in [0.25, 0.3) is 0 Å². The first-order valence-electron chi connectivity index (χ1n) is 5.77. The Kier molecular flexibility index (Phi) is 6.61. The van der Waals surface area contributed by atoms with Crippen molar-refractivity contribution in [2.75, 3.05) is 33.5 Å². The second-order valence-corrected chi connectivity index (χ2v) is 3.78. The number of rotatable bonds is 8. The zero-order valence-electron chi connectivity index (χ0n) is 10.2. The van der Waals surface area contributed by atoms with Crippen molar-refractivity contribution < 1.29 is 9.47 Å². The molecule has 1 aromatic rings. The Labute approximate surface area is 98.0 Å². The van der Waals surface area contributed by atoms with E-state index in [1.165, 1.54) is 0 Å². The summed E-state index contributed by atoms with van der Waals surface area (Å²) in [5, 5.41) is 0. The Morgan fingerprint density at radius 3 is 2.56 bits per heavy atom. The molecular formula is C13H21NO2. The lowest BCUT2D eigenvalue weighted by Gasteiger charge is -2.17. The summed E-state index contributed by atoms with van der Waals surface area (Å²) in [4.78, 5) is 2.10. The van der Waals surface area contributed by atoms with Crippen LogP contribution in [-0.4, -0.2) is 38.4 Å². The van der Waals surface area contributed by atoms with Crippen LogP contribution < -0.4 is 4.74 Å². The van der Waals surface area contributed by atoms with Crippen molar-refractivity contribution in [1.82, 2.24) is 4.90 Å². The van der Waals surface area contributed by atoms with Crippen LogP contribution in [-0.2, 0) is 4.74 Å². The lowest BCUT2D eigenvalue weighted by atomic mass is 10.3. The van der Waals surface area contributed by atoms with E-state index in [4.69, 9.17) is 9.47 Å². The van der Waals surface area contributed by atoms with Crippen LogP contribution in [0.25, 0.3) is 0 Å². The second kappa shape index (κ2) is 8.13. The number of para-hydroxylation sites is 1. The molecule has 16 heavy (non-hydrogen) atoms. The van der Waals surface area contributed by atoms with Crippen LogP contribution in [0.4, 0.5) is 0 Å². The molecule has 1 aromatic carbocycles. The Balaban J connectivity index is 2.08.